The molecule has 0 aromatic heterocycles. The molecule has 0 fully saturated rings. The van der Waals surface area contributed by atoms with Crippen LogP contribution in [-0.4, -0.2) is 0 Å². The predicted molar refractivity (Wildman–Crippen MR) is 98.0 cm³/mol. The van der Waals surface area contributed by atoms with Crippen molar-refractivity contribution in [1.29, 1.82) is 0 Å². The van der Waals surface area contributed by atoms with Crippen LogP contribution in [0.4, 0.5) is 0 Å². The minimum Gasteiger partial charge on any atom is -0.0534 e. The lowest BCUT2D eigenvalue weighted by Crippen LogP contribution is -1.88. The summed E-state index contributed by atoms with van der Waals surface area (Å²) in [5.74, 6) is 0. The van der Waals surface area contributed by atoms with E-state index < -0.39 is 0 Å². The van der Waals surface area contributed by atoms with Gasteiger partial charge in [0.05, 0.1) is 0 Å². The topological polar surface area (TPSA) is 0 Å². The van der Waals surface area contributed by atoms with E-state index in [1.807, 2.05) is 0 Å². The number of halogens is 3. The molecule has 0 heterocycles. The quantitative estimate of drug-likeness (QED) is 0.248. The average Bonchev–Trinajstić information content (AvgIpc) is 2.42. The molecule has 0 aliphatic rings. The van der Waals surface area contributed by atoms with E-state index in [-0.39, 0.29) is 0 Å². The zero-order valence-electron chi connectivity index (χ0n) is 10.6. The molecule has 0 aliphatic carbocycles. The van der Waals surface area contributed by atoms with Gasteiger partial charge in [-0.1, -0.05) is 72.1 Å². The lowest BCUT2D eigenvalue weighted by molar-refractivity contribution is 1.53. The highest BCUT2D eigenvalue weighted by molar-refractivity contribution is 9.11. The number of aryl methyl sites for hydroxylation is 1. The van der Waals surface area contributed by atoms with Crippen LogP contribution >= 0.6 is 47.8 Å². The first-order valence-corrected chi connectivity index (χ1v) is 8.67. The van der Waals surface area contributed by atoms with Crippen LogP contribution in [0.5, 0.6) is 0 Å². The van der Waals surface area contributed by atoms with Gasteiger partial charge in [0.1, 0.15) is 0 Å². The maximum atomic E-state index is 3.71. The molecule has 0 atom stereocenters. The Morgan fingerprint density at radius 3 is 1.55 bits per heavy atom. The number of benzene rings is 4. The van der Waals surface area contributed by atoms with E-state index >= 15 is 0 Å². The van der Waals surface area contributed by atoms with Crippen LogP contribution in [-0.2, 0) is 0 Å². The van der Waals surface area contributed by atoms with E-state index in [2.05, 4.69) is 91.1 Å². The van der Waals surface area contributed by atoms with Crippen molar-refractivity contribution in [2.45, 2.75) is 6.92 Å². The molecule has 98 valence electrons. The summed E-state index contributed by atoms with van der Waals surface area (Å²) in [6.07, 6.45) is 0. The zero-order chi connectivity index (χ0) is 14.0. The second-order valence-electron chi connectivity index (χ2n) is 5.09. The van der Waals surface area contributed by atoms with Crippen LogP contribution in [0.2, 0.25) is 0 Å². The Labute approximate surface area is 141 Å². The van der Waals surface area contributed by atoms with Crippen molar-refractivity contribution in [3.63, 3.8) is 0 Å². The van der Waals surface area contributed by atoms with Crippen LogP contribution < -0.4 is 0 Å². The van der Waals surface area contributed by atoms with Gasteiger partial charge in [-0.25, -0.2) is 0 Å². The summed E-state index contributed by atoms with van der Waals surface area (Å²) in [6, 6.07) is 13.2. The summed E-state index contributed by atoms with van der Waals surface area (Å²) in [6.45, 7) is 2.17. The molecule has 0 spiro atoms. The number of hydrogen-bond donors (Lipinski definition) is 0. The van der Waals surface area contributed by atoms with Gasteiger partial charge in [-0.05, 0) is 56.9 Å². The molecule has 0 bridgehead atoms. The average molecular weight is 453 g/mol. The fourth-order valence-corrected chi connectivity index (χ4v) is 5.13. The highest BCUT2D eigenvalue weighted by atomic mass is 79.9. The summed E-state index contributed by atoms with van der Waals surface area (Å²) < 4.78 is 3.42. The van der Waals surface area contributed by atoms with Crippen LogP contribution in [0, 0.1) is 6.92 Å². The molecule has 0 nitrogen and oxygen atoms in total. The van der Waals surface area contributed by atoms with Gasteiger partial charge in [0.25, 0.3) is 0 Å². The van der Waals surface area contributed by atoms with Crippen molar-refractivity contribution >= 4 is 80.1 Å². The van der Waals surface area contributed by atoms with Crippen molar-refractivity contribution in [2.24, 2.45) is 0 Å². The molecule has 0 aliphatic heterocycles. The molecule has 0 N–H and O–H groups in total. The van der Waals surface area contributed by atoms with Crippen molar-refractivity contribution in [1.82, 2.24) is 0 Å². The lowest BCUT2D eigenvalue weighted by atomic mass is 9.92. The maximum Gasteiger partial charge on any atom is 0.0265 e. The van der Waals surface area contributed by atoms with E-state index in [0.29, 0.717) is 0 Å². The molecule has 3 heteroatoms. The summed E-state index contributed by atoms with van der Waals surface area (Å²) in [4.78, 5) is 0. The molecular weight excluding hydrogens is 444 g/mol. The van der Waals surface area contributed by atoms with E-state index in [0.717, 1.165) is 13.4 Å². The second kappa shape index (κ2) is 4.43. The predicted octanol–water partition coefficient (Wildman–Crippen LogP) is 7.18. The van der Waals surface area contributed by atoms with E-state index in [1.165, 1.54) is 37.9 Å². The molecule has 0 saturated carbocycles. The van der Waals surface area contributed by atoms with Gasteiger partial charge in [-0.15, -0.1) is 0 Å². The Morgan fingerprint density at radius 2 is 1.00 bits per heavy atom. The molecule has 0 amide bonds. The van der Waals surface area contributed by atoms with Crippen LogP contribution in [0.3, 0.4) is 0 Å². The summed E-state index contributed by atoms with van der Waals surface area (Å²) >= 11 is 11.1. The van der Waals surface area contributed by atoms with Gasteiger partial charge in [-0.2, -0.15) is 0 Å². The molecule has 0 unspecified atom stereocenters. The van der Waals surface area contributed by atoms with Crippen LogP contribution in [0.1, 0.15) is 5.56 Å². The first-order valence-electron chi connectivity index (χ1n) is 6.29. The van der Waals surface area contributed by atoms with Crippen molar-refractivity contribution < 1.29 is 0 Å². The Bertz CT molecular complexity index is 832. The monoisotopic (exact) mass is 450 g/mol. The standard InChI is InChI=1S/C17H9Br3/c1-8-6-13(18)10-4-5-12-15(20)7-14(19)11-3-2-9(8)16(10)17(11)12/h2-7H,1H3. The Morgan fingerprint density at radius 1 is 0.600 bits per heavy atom. The second-order valence-corrected chi connectivity index (χ2v) is 7.65. The Balaban J connectivity index is 2.47. The van der Waals surface area contributed by atoms with E-state index in [4.69, 9.17) is 0 Å². The third kappa shape index (κ3) is 1.63. The SMILES string of the molecule is Cc1cc(Br)c2ccc3c(Br)cc(Br)c4ccc1c2c43. The summed E-state index contributed by atoms with van der Waals surface area (Å²) in [5.41, 5.74) is 1.30. The smallest absolute Gasteiger partial charge is 0.0265 e. The van der Waals surface area contributed by atoms with Crippen molar-refractivity contribution in [2.75, 3.05) is 0 Å². The van der Waals surface area contributed by atoms with Gasteiger partial charge < -0.3 is 0 Å². The highest BCUT2D eigenvalue weighted by Gasteiger charge is 2.15. The van der Waals surface area contributed by atoms with Gasteiger partial charge in [0.15, 0.2) is 0 Å². The third-order valence-electron chi connectivity index (χ3n) is 3.95. The molecule has 0 saturated heterocycles. The van der Waals surface area contributed by atoms with Crippen LogP contribution in [0.15, 0.2) is 49.8 Å². The molecule has 4 aromatic rings. The molecular formula is C17H9Br3. The summed E-state index contributed by atoms with van der Waals surface area (Å²) in [5, 5.41) is 7.79. The van der Waals surface area contributed by atoms with Crippen molar-refractivity contribution in [3.05, 3.63) is 55.4 Å². The normalized spacial score (nSPS) is 12.0. The maximum absolute atomic E-state index is 3.71. The third-order valence-corrected chi connectivity index (χ3v) is 5.92. The molecule has 4 aromatic carbocycles. The van der Waals surface area contributed by atoms with Gasteiger partial charge in [0, 0.05) is 13.4 Å². The van der Waals surface area contributed by atoms with Gasteiger partial charge >= 0.3 is 0 Å². The molecule has 4 rings (SSSR count). The number of hydrogen-bond acceptors (Lipinski definition) is 0. The first-order chi connectivity index (χ1) is 9.58. The van der Waals surface area contributed by atoms with E-state index in [9.17, 15) is 0 Å². The fourth-order valence-electron chi connectivity index (χ4n) is 3.03. The van der Waals surface area contributed by atoms with Gasteiger partial charge in [0.2, 0.25) is 0 Å². The Hall–Kier alpha value is -0.640. The van der Waals surface area contributed by atoms with E-state index in [1.54, 1.807) is 0 Å². The van der Waals surface area contributed by atoms with Gasteiger partial charge in [-0.3, -0.25) is 0 Å². The number of rotatable bonds is 0. The lowest BCUT2D eigenvalue weighted by Gasteiger charge is -2.15. The minimum atomic E-state index is 1.13. The Kier molecular flexibility index (Phi) is 2.89. The fraction of sp³-hybridized carbons (Fsp3) is 0.0588. The zero-order valence-corrected chi connectivity index (χ0v) is 15.4. The van der Waals surface area contributed by atoms with Crippen molar-refractivity contribution in [3.8, 4) is 0 Å². The first kappa shape index (κ1) is 13.1. The minimum absolute atomic E-state index is 1.13. The molecule has 20 heavy (non-hydrogen) atoms. The van der Waals surface area contributed by atoms with Crippen LogP contribution in [0.25, 0.3) is 32.3 Å². The largest absolute Gasteiger partial charge is 0.0534 e. The highest BCUT2D eigenvalue weighted by Crippen LogP contribution is 2.43. The summed E-state index contributed by atoms with van der Waals surface area (Å²) in [7, 11) is 0. The molecule has 0 radical (unpaired) electrons.